The van der Waals surface area contributed by atoms with E-state index in [1.54, 1.807) is 0 Å². The van der Waals surface area contributed by atoms with E-state index >= 15 is 0 Å². The van der Waals surface area contributed by atoms with Gasteiger partial charge in [0, 0.05) is 26.2 Å². The highest BCUT2D eigenvalue weighted by atomic mass is 35.5. The molecule has 0 unspecified atom stereocenters. The topological polar surface area (TPSA) is 351 Å². The van der Waals surface area contributed by atoms with Crippen molar-refractivity contribution < 1.29 is 77.1 Å². The largest absolute Gasteiger partial charge is 1.00 e. The first-order chi connectivity index (χ1) is 20.2. The van der Waals surface area contributed by atoms with Crippen LogP contribution in [0, 0.1) is 0 Å². The van der Waals surface area contributed by atoms with Crippen molar-refractivity contribution in [1.29, 1.82) is 0 Å². The lowest BCUT2D eigenvalue weighted by atomic mass is 10.1. The number of hydrogen-bond acceptors (Lipinski definition) is 14. The molecule has 0 aliphatic rings. The van der Waals surface area contributed by atoms with E-state index in [-0.39, 0.29) is 74.0 Å². The van der Waals surface area contributed by atoms with Gasteiger partial charge in [-0.05, 0) is 19.3 Å². The van der Waals surface area contributed by atoms with Gasteiger partial charge in [-0.2, -0.15) is 0 Å². The summed E-state index contributed by atoms with van der Waals surface area (Å²) in [6.45, 7) is -2.31. The summed E-state index contributed by atoms with van der Waals surface area (Å²) in [6.07, 6.45) is -8.53. The molecule has 2 aromatic heterocycles. The number of halogens is 2. The number of unbranched alkanes of at least 4 members (excludes halogenated alkanes) is 2. The van der Waals surface area contributed by atoms with Crippen molar-refractivity contribution in [3.8, 4) is 0 Å². The van der Waals surface area contributed by atoms with Crippen LogP contribution in [0.15, 0.2) is 19.2 Å². The predicted octanol–water partition coefficient (Wildman–Crippen LogP) is -14.0. The molecule has 20 nitrogen and oxygen atoms in total. The number of hydrogen-bond donors (Lipinski definition) is 14. The Labute approximate surface area is 266 Å². The molecule has 260 valence electrons. The zero-order valence-electron chi connectivity index (χ0n) is 24.1. The minimum Gasteiger partial charge on any atom is -1.00 e. The number of H-pyrrole nitrogens is 2. The Hall–Kier alpha value is -2.86. The molecule has 45 heavy (non-hydrogen) atoms. The third-order valence-electron chi connectivity index (χ3n) is 6.75. The van der Waals surface area contributed by atoms with Crippen LogP contribution in [0.3, 0.4) is 0 Å². The highest BCUT2D eigenvalue weighted by molar-refractivity contribution is 5.53. The minimum absolute atomic E-state index is 0. The first kappa shape index (κ1) is 42.1. The molecule has 0 aliphatic heterocycles. The zero-order chi connectivity index (χ0) is 32.4. The average molecular weight is 694 g/mol. The average Bonchev–Trinajstić information content (AvgIpc) is 2.99. The SMILES string of the molecule is [Cl-].[Cl-].[NH3+]c1c(NC[C@H](O)[C@H](O)[C@H](O)CO)[nH]c(=O)n(CCCCCn2c(=O)[nH]c(NC[C@H](O)[C@H](O)[C@H](O)CO)c([NH3+])c2=O)c1=O. The van der Waals surface area contributed by atoms with Crippen LogP contribution < -0.4 is 69.4 Å². The van der Waals surface area contributed by atoms with Crippen LogP contribution in [0.1, 0.15) is 19.3 Å². The number of rotatable bonds is 18. The van der Waals surface area contributed by atoms with Gasteiger partial charge in [0.05, 0.1) is 25.4 Å². The smallest absolute Gasteiger partial charge is 0.330 e. The fraction of sp³-hybridized carbons (Fsp3) is 0.652. The maximum Gasteiger partial charge on any atom is 0.330 e. The lowest BCUT2D eigenvalue weighted by Gasteiger charge is -2.22. The quantitative estimate of drug-likeness (QED) is 0.0645. The second kappa shape index (κ2) is 19.6. The van der Waals surface area contributed by atoms with Crippen LogP contribution in [0.25, 0.3) is 0 Å². The second-order valence-corrected chi connectivity index (χ2v) is 9.92. The van der Waals surface area contributed by atoms with Gasteiger partial charge in [0.25, 0.3) is 0 Å². The highest BCUT2D eigenvalue weighted by Crippen LogP contribution is 2.09. The third-order valence-corrected chi connectivity index (χ3v) is 6.75. The number of aromatic amines is 2. The monoisotopic (exact) mass is 692 g/mol. The summed E-state index contributed by atoms with van der Waals surface area (Å²) in [4.78, 5) is 55.1. The van der Waals surface area contributed by atoms with Crippen molar-refractivity contribution in [2.45, 2.75) is 69.0 Å². The Morgan fingerprint density at radius 2 is 0.933 bits per heavy atom. The van der Waals surface area contributed by atoms with Crippen molar-refractivity contribution in [1.82, 2.24) is 19.1 Å². The molecule has 0 aliphatic carbocycles. The van der Waals surface area contributed by atoms with E-state index < -0.39 is 72.3 Å². The van der Waals surface area contributed by atoms with Gasteiger partial charge in [-0.15, -0.1) is 0 Å². The van der Waals surface area contributed by atoms with Crippen molar-refractivity contribution >= 4 is 23.0 Å². The van der Waals surface area contributed by atoms with Gasteiger partial charge in [0.1, 0.15) is 24.4 Å². The molecule has 2 aromatic rings. The molecule has 18 N–H and O–H groups in total. The molecule has 0 fully saturated rings. The van der Waals surface area contributed by atoms with Crippen LogP contribution >= 0.6 is 0 Å². The van der Waals surface area contributed by atoms with E-state index in [9.17, 15) is 49.8 Å². The summed E-state index contributed by atoms with van der Waals surface area (Å²) in [5.41, 5.74) is 4.04. The van der Waals surface area contributed by atoms with Crippen molar-refractivity contribution in [2.75, 3.05) is 36.9 Å². The Kier molecular flexibility index (Phi) is 18.4. The normalized spacial score (nSPS) is 15.2. The van der Waals surface area contributed by atoms with Gasteiger partial charge in [0.2, 0.25) is 11.4 Å². The Morgan fingerprint density at radius 3 is 1.24 bits per heavy atom. The zero-order valence-corrected chi connectivity index (χ0v) is 25.6. The first-order valence-electron chi connectivity index (χ1n) is 13.4. The van der Waals surface area contributed by atoms with Crippen LogP contribution in [0.5, 0.6) is 0 Å². The fourth-order valence-electron chi connectivity index (χ4n) is 4.03. The van der Waals surface area contributed by atoms with Crippen LogP contribution in [0.2, 0.25) is 0 Å². The van der Waals surface area contributed by atoms with Crippen LogP contribution in [-0.2, 0) is 13.1 Å². The van der Waals surface area contributed by atoms with E-state index in [4.69, 9.17) is 10.2 Å². The van der Waals surface area contributed by atoms with E-state index in [0.717, 1.165) is 9.13 Å². The van der Waals surface area contributed by atoms with Gasteiger partial charge in [-0.25, -0.2) is 9.59 Å². The van der Waals surface area contributed by atoms with Gasteiger partial charge in [0.15, 0.2) is 11.6 Å². The second-order valence-electron chi connectivity index (χ2n) is 9.92. The molecule has 0 aromatic carbocycles. The van der Waals surface area contributed by atoms with Gasteiger partial charge < -0.3 is 87.8 Å². The number of aliphatic hydroxyl groups excluding tert-OH is 8. The van der Waals surface area contributed by atoms with Gasteiger partial charge in [-0.1, -0.05) is 0 Å². The standard InChI is InChI=1S/C23H40N8O12.2ClH/c24-14-18(26-6-10(34)16(38)12(36)8-32)28-22(42)30(20(14)40)4-2-1-3-5-31-21(41)15(25)19(29-23(31)43)27-7-11(35)17(39)13(37)9-33;;/h10-13,16-17,26-27,32-39H,1-9,24-25H2,(H,28,42)(H,29,43);2*1H/t10-,11-,12+,13+,16-,17-;;/m0../s1. The molecular formula is C23H42Cl2N8O12. The van der Waals surface area contributed by atoms with E-state index in [1.807, 2.05) is 0 Å². The lowest BCUT2D eigenvalue weighted by molar-refractivity contribution is -0.257. The van der Waals surface area contributed by atoms with Crippen LogP contribution in [-0.4, -0.2) is 123 Å². The summed E-state index contributed by atoms with van der Waals surface area (Å²) in [5, 5.41) is 80.9. The molecule has 2 rings (SSSR count). The van der Waals surface area contributed by atoms with Crippen LogP contribution in [0.4, 0.5) is 23.0 Å². The number of anilines is 2. The Bertz CT molecular complexity index is 1330. The van der Waals surface area contributed by atoms with Crippen molar-refractivity contribution in [3.63, 3.8) is 0 Å². The van der Waals surface area contributed by atoms with E-state index in [2.05, 4.69) is 32.1 Å². The lowest BCUT2D eigenvalue weighted by Crippen LogP contribution is -3.00. The summed E-state index contributed by atoms with van der Waals surface area (Å²) in [5.74, 6) is -0.185. The molecule has 0 radical (unpaired) electrons. The molecule has 2 heterocycles. The summed E-state index contributed by atoms with van der Waals surface area (Å²) in [6, 6.07) is 0. The predicted molar refractivity (Wildman–Crippen MR) is 149 cm³/mol. The van der Waals surface area contributed by atoms with Crippen molar-refractivity contribution in [3.05, 3.63) is 41.7 Å². The Morgan fingerprint density at radius 1 is 0.600 bits per heavy atom. The van der Waals surface area contributed by atoms with Gasteiger partial charge in [-0.3, -0.25) is 28.7 Å². The Balaban J connectivity index is 0.00000968. The number of quaternary nitrogens is 2. The summed E-state index contributed by atoms with van der Waals surface area (Å²) < 4.78 is 1.82. The molecule has 0 saturated heterocycles. The molecule has 22 heteroatoms. The molecule has 0 spiro atoms. The number of aromatic nitrogens is 4. The minimum atomic E-state index is -1.67. The molecule has 6 atom stereocenters. The summed E-state index contributed by atoms with van der Waals surface area (Å²) >= 11 is 0. The number of nitrogens with zero attached hydrogens (tertiary/aromatic N) is 2. The summed E-state index contributed by atoms with van der Waals surface area (Å²) in [7, 11) is 0. The third kappa shape index (κ3) is 11.2. The highest BCUT2D eigenvalue weighted by Gasteiger charge is 2.26. The fourth-order valence-corrected chi connectivity index (χ4v) is 4.03. The maximum atomic E-state index is 12.7. The molecule has 0 saturated carbocycles. The number of nitrogens with one attached hydrogen (secondary N) is 4. The number of aliphatic hydroxyl groups is 8. The molecule has 0 amide bonds. The first-order valence-corrected chi connectivity index (χ1v) is 13.4. The van der Waals surface area contributed by atoms with Crippen molar-refractivity contribution in [2.24, 2.45) is 0 Å². The molecule has 0 bridgehead atoms. The maximum absolute atomic E-state index is 12.7. The van der Waals surface area contributed by atoms with E-state index in [0.29, 0.717) is 19.3 Å². The van der Waals surface area contributed by atoms with E-state index in [1.165, 1.54) is 0 Å². The van der Waals surface area contributed by atoms with Gasteiger partial charge >= 0.3 is 22.5 Å². The molecular weight excluding hydrogens is 651 g/mol.